The Morgan fingerprint density at radius 2 is 1.94 bits per heavy atom. The van der Waals surface area contributed by atoms with E-state index in [0.717, 1.165) is 5.39 Å². The Labute approximate surface area is 91.1 Å². The van der Waals surface area contributed by atoms with Crippen LogP contribution in [0.5, 0.6) is 11.5 Å². The van der Waals surface area contributed by atoms with Gasteiger partial charge >= 0.3 is 0 Å². The van der Waals surface area contributed by atoms with Crippen molar-refractivity contribution in [2.45, 2.75) is 0 Å². The Morgan fingerprint density at radius 3 is 2.62 bits per heavy atom. The van der Waals surface area contributed by atoms with E-state index in [1.165, 1.54) is 6.07 Å². The molecule has 0 amide bonds. The molecule has 0 atom stereocenters. The Morgan fingerprint density at radius 1 is 1.19 bits per heavy atom. The van der Waals surface area contributed by atoms with Crippen molar-refractivity contribution in [1.82, 2.24) is 0 Å². The minimum Gasteiger partial charge on any atom is -0.504 e. The monoisotopic (exact) mass is 216 g/mol. The number of ether oxygens (including phenoxy) is 1. The van der Waals surface area contributed by atoms with Crippen LogP contribution < -0.4 is 4.74 Å². The standard InChI is InChI=1S/C12H8O4/c13-6-10-9-4-2-1-3-8(9)5-11(12(10)15)16-7-14/h1-7,15H. The van der Waals surface area contributed by atoms with E-state index in [2.05, 4.69) is 4.74 Å². The fourth-order valence-corrected chi connectivity index (χ4v) is 1.60. The Balaban J connectivity index is 2.81. The molecule has 0 aromatic heterocycles. The number of hydrogen-bond donors (Lipinski definition) is 1. The van der Waals surface area contributed by atoms with Crippen LogP contribution in [0.1, 0.15) is 10.4 Å². The molecule has 80 valence electrons. The summed E-state index contributed by atoms with van der Waals surface area (Å²) >= 11 is 0. The van der Waals surface area contributed by atoms with Crippen molar-refractivity contribution in [3.63, 3.8) is 0 Å². The van der Waals surface area contributed by atoms with Crippen LogP contribution >= 0.6 is 0 Å². The van der Waals surface area contributed by atoms with E-state index in [9.17, 15) is 14.7 Å². The van der Waals surface area contributed by atoms with Gasteiger partial charge in [-0.05, 0) is 16.8 Å². The number of phenolic OH excluding ortho intramolecular Hbond substituents is 1. The van der Waals surface area contributed by atoms with Gasteiger partial charge in [-0.3, -0.25) is 9.59 Å². The van der Waals surface area contributed by atoms with Crippen LogP contribution in [0.3, 0.4) is 0 Å². The van der Waals surface area contributed by atoms with Gasteiger partial charge in [-0.15, -0.1) is 0 Å². The lowest BCUT2D eigenvalue weighted by Gasteiger charge is -2.07. The average molecular weight is 216 g/mol. The maximum Gasteiger partial charge on any atom is 0.298 e. The molecule has 0 saturated heterocycles. The maximum atomic E-state index is 10.9. The summed E-state index contributed by atoms with van der Waals surface area (Å²) in [5.41, 5.74) is 0.120. The number of aromatic hydroxyl groups is 1. The molecule has 0 aliphatic heterocycles. The maximum absolute atomic E-state index is 10.9. The predicted molar refractivity (Wildman–Crippen MR) is 57.7 cm³/mol. The molecule has 0 saturated carbocycles. The molecule has 1 N–H and O–H groups in total. The molecule has 0 aliphatic rings. The first kappa shape index (κ1) is 10.2. The van der Waals surface area contributed by atoms with Gasteiger partial charge in [-0.2, -0.15) is 0 Å². The molecular formula is C12H8O4. The third kappa shape index (κ3) is 1.50. The van der Waals surface area contributed by atoms with Gasteiger partial charge in [0, 0.05) is 0 Å². The van der Waals surface area contributed by atoms with Crippen molar-refractivity contribution >= 4 is 23.5 Å². The summed E-state index contributed by atoms with van der Waals surface area (Å²) in [5, 5.41) is 11.0. The number of carbonyl (C=O) groups is 2. The largest absolute Gasteiger partial charge is 0.504 e. The smallest absolute Gasteiger partial charge is 0.298 e. The van der Waals surface area contributed by atoms with Gasteiger partial charge < -0.3 is 9.84 Å². The summed E-state index contributed by atoms with van der Waals surface area (Å²) in [6.07, 6.45) is 0.537. The highest BCUT2D eigenvalue weighted by Gasteiger charge is 2.12. The van der Waals surface area contributed by atoms with E-state index in [1.54, 1.807) is 24.3 Å². The molecule has 0 heterocycles. The lowest BCUT2D eigenvalue weighted by Crippen LogP contribution is -1.93. The minimum atomic E-state index is -0.319. The van der Waals surface area contributed by atoms with Gasteiger partial charge in [0.1, 0.15) is 0 Å². The molecule has 4 nitrogen and oxygen atoms in total. The summed E-state index contributed by atoms with van der Waals surface area (Å²) in [6.45, 7) is 0.207. The second-order valence-corrected chi connectivity index (χ2v) is 3.19. The number of hydrogen-bond acceptors (Lipinski definition) is 4. The molecule has 0 fully saturated rings. The van der Waals surface area contributed by atoms with Gasteiger partial charge in [0.25, 0.3) is 6.47 Å². The van der Waals surface area contributed by atoms with E-state index < -0.39 is 0 Å². The molecular weight excluding hydrogens is 208 g/mol. The number of carbonyl (C=O) groups excluding carboxylic acids is 2. The summed E-state index contributed by atoms with van der Waals surface area (Å²) in [6, 6.07) is 8.53. The predicted octanol–water partition coefficient (Wildman–Crippen LogP) is 1.89. The number of fused-ring (bicyclic) bond motifs is 1. The SMILES string of the molecule is O=COc1cc2ccccc2c(C=O)c1O. The number of phenols is 1. The Kier molecular flexibility index (Phi) is 2.55. The lowest BCUT2D eigenvalue weighted by atomic mass is 10.0. The normalized spacial score (nSPS) is 10.0. The van der Waals surface area contributed by atoms with Crippen LogP contribution in [0.15, 0.2) is 30.3 Å². The van der Waals surface area contributed by atoms with E-state index in [4.69, 9.17) is 0 Å². The highest BCUT2D eigenvalue weighted by Crippen LogP contribution is 2.35. The Hall–Kier alpha value is -2.36. The van der Waals surface area contributed by atoms with Crippen molar-refractivity contribution in [3.8, 4) is 11.5 Å². The first-order valence-electron chi connectivity index (χ1n) is 4.58. The highest BCUT2D eigenvalue weighted by atomic mass is 16.5. The van der Waals surface area contributed by atoms with Gasteiger partial charge in [-0.1, -0.05) is 24.3 Å². The van der Waals surface area contributed by atoms with Gasteiger partial charge in [0.15, 0.2) is 17.8 Å². The van der Waals surface area contributed by atoms with Crippen LogP contribution in [-0.4, -0.2) is 17.9 Å². The molecule has 0 unspecified atom stereocenters. The van der Waals surface area contributed by atoms with E-state index in [1.807, 2.05) is 0 Å². The zero-order valence-corrected chi connectivity index (χ0v) is 8.21. The molecule has 0 spiro atoms. The quantitative estimate of drug-likeness (QED) is 0.796. The van der Waals surface area contributed by atoms with Crippen molar-refractivity contribution < 1.29 is 19.4 Å². The van der Waals surface area contributed by atoms with Crippen molar-refractivity contribution in [1.29, 1.82) is 0 Å². The van der Waals surface area contributed by atoms with E-state index in [0.29, 0.717) is 11.7 Å². The molecule has 16 heavy (non-hydrogen) atoms. The zero-order valence-electron chi connectivity index (χ0n) is 8.21. The first-order chi connectivity index (χ1) is 7.77. The van der Waals surface area contributed by atoms with Gasteiger partial charge in [0.2, 0.25) is 0 Å². The van der Waals surface area contributed by atoms with E-state index >= 15 is 0 Å². The Bertz CT molecular complexity index is 560. The van der Waals surface area contributed by atoms with Gasteiger partial charge in [-0.25, -0.2) is 0 Å². The molecule has 0 bridgehead atoms. The molecule has 0 radical (unpaired) electrons. The zero-order chi connectivity index (χ0) is 11.5. The van der Waals surface area contributed by atoms with Crippen LogP contribution in [-0.2, 0) is 4.79 Å². The summed E-state index contributed by atoms with van der Waals surface area (Å²) in [7, 11) is 0. The molecule has 0 aliphatic carbocycles. The topological polar surface area (TPSA) is 63.6 Å². The number of rotatable bonds is 3. The average Bonchev–Trinajstić information content (AvgIpc) is 2.31. The third-order valence-corrected chi connectivity index (χ3v) is 2.32. The van der Waals surface area contributed by atoms with Crippen LogP contribution in [0.4, 0.5) is 0 Å². The third-order valence-electron chi connectivity index (χ3n) is 2.32. The first-order valence-corrected chi connectivity index (χ1v) is 4.58. The van der Waals surface area contributed by atoms with E-state index in [-0.39, 0.29) is 23.5 Å². The fourth-order valence-electron chi connectivity index (χ4n) is 1.60. The summed E-state index contributed by atoms with van der Waals surface area (Å²) in [5.74, 6) is -0.336. The number of benzene rings is 2. The van der Waals surface area contributed by atoms with Crippen LogP contribution in [0, 0.1) is 0 Å². The highest BCUT2D eigenvalue weighted by molar-refractivity contribution is 6.02. The van der Waals surface area contributed by atoms with Crippen molar-refractivity contribution in [2.75, 3.05) is 0 Å². The minimum absolute atomic E-state index is 0.0178. The summed E-state index contributed by atoms with van der Waals surface area (Å²) in [4.78, 5) is 21.1. The van der Waals surface area contributed by atoms with Crippen LogP contribution in [0.2, 0.25) is 0 Å². The molecule has 2 rings (SSSR count). The lowest BCUT2D eigenvalue weighted by molar-refractivity contribution is -0.120. The molecule has 4 heteroatoms. The van der Waals surface area contributed by atoms with Crippen LogP contribution in [0.25, 0.3) is 10.8 Å². The number of aldehydes is 1. The fraction of sp³-hybridized carbons (Fsp3) is 0. The van der Waals surface area contributed by atoms with Crippen molar-refractivity contribution in [2.24, 2.45) is 0 Å². The van der Waals surface area contributed by atoms with Gasteiger partial charge in [0.05, 0.1) is 5.56 Å². The molecule has 2 aromatic carbocycles. The van der Waals surface area contributed by atoms with Crippen molar-refractivity contribution in [3.05, 3.63) is 35.9 Å². The second kappa shape index (κ2) is 4.02. The molecule has 2 aromatic rings. The second-order valence-electron chi connectivity index (χ2n) is 3.19. The summed E-state index contributed by atoms with van der Waals surface area (Å²) < 4.78 is 4.60.